The van der Waals surface area contributed by atoms with Crippen molar-refractivity contribution in [2.75, 3.05) is 137 Å². The van der Waals surface area contributed by atoms with Crippen LogP contribution in [0.4, 0.5) is 0 Å². The monoisotopic (exact) mass is 855 g/mol. The fourth-order valence-corrected chi connectivity index (χ4v) is 2.01. The lowest BCUT2D eigenvalue weighted by molar-refractivity contribution is -0.140. The van der Waals surface area contributed by atoms with Gasteiger partial charge in [-0.25, -0.2) is 0 Å². The highest BCUT2D eigenvalue weighted by molar-refractivity contribution is 5.85. The van der Waals surface area contributed by atoms with Gasteiger partial charge in [0.2, 0.25) is 43.4 Å². The number of hydrogen-bond acceptors (Lipinski definition) is 13. The SMILES string of the molecule is CCC(=O)N(C)CC(=O)N(C)CC=O.CCN(C)C.CCN(C)C.CCN(C)C(C)C.CN(C=O)CC(=O)O.CN(C=O)CC=O.CNC(=O)CN(C)C=O.CNC=O. The summed E-state index contributed by atoms with van der Waals surface area (Å²) in [6.07, 6.45) is 4.01. The molecule has 7 amide bonds. The molecular formula is C38H82N10O11. The second kappa shape index (κ2) is 55.1. The number of amides is 7. The van der Waals surface area contributed by atoms with Crippen LogP contribution in [-0.2, 0) is 47.9 Å². The van der Waals surface area contributed by atoms with Crippen LogP contribution in [0, 0.1) is 0 Å². The van der Waals surface area contributed by atoms with Crippen LogP contribution < -0.4 is 10.6 Å². The molecule has 0 aliphatic carbocycles. The average Bonchev–Trinajstić information content (AvgIpc) is 3.20. The zero-order valence-electron chi connectivity index (χ0n) is 39.5. The van der Waals surface area contributed by atoms with E-state index in [9.17, 15) is 43.2 Å². The molecule has 0 fully saturated rings. The van der Waals surface area contributed by atoms with Crippen LogP contribution in [0.25, 0.3) is 0 Å². The zero-order valence-corrected chi connectivity index (χ0v) is 39.5. The number of nitrogens with one attached hydrogen (secondary N) is 2. The molecule has 0 saturated heterocycles. The molecule has 0 saturated carbocycles. The molecule has 0 aromatic rings. The van der Waals surface area contributed by atoms with Crippen LogP contribution >= 0.6 is 0 Å². The average molecular weight is 855 g/mol. The Hall–Kier alpha value is -5.02. The molecule has 0 unspecified atom stereocenters. The summed E-state index contributed by atoms with van der Waals surface area (Å²) in [4.78, 5) is 113. The highest BCUT2D eigenvalue weighted by Gasteiger charge is 2.14. The fourth-order valence-electron chi connectivity index (χ4n) is 2.01. The van der Waals surface area contributed by atoms with Crippen molar-refractivity contribution in [1.82, 2.24) is 49.8 Å². The Balaban J connectivity index is -0.0000000867. The van der Waals surface area contributed by atoms with Gasteiger partial charge in [-0.2, -0.15) is 0 Å². The van der Waals surface area contributed by atoms with Crippen molar-refractivity contribution in [3.63, 3.8) is 0 Å². The molecule has 0 aromatic carbocycles. The first-order valence-corrected chi connectivity index (χ1v) is 18.7. The molecule has 350 valence electrons. The molecule has 0 aliphatic heterocycles. The Morgan fingerprint density at radius 3 is 1.12 bits per heavy atom. The van der Waals surface area contributed by atoms with Crippen molar-refractivity contribution >= 4 is 61.9 Å². The van der Waals surface area contributed by atoms with Crippen molar-refractivity contribution in [2.45, 2.75) is 54.0 Å². The minimum absolute atomic E-state index is 0.0248. The van der Waals surface area contributed by atoms with Gasteiger partial charge in [0.15, 0.2) is 0 Å². The molecule has 21 heteroatoms. The zero-order chi connectivity index (χ0) is 48.5. The van der Waals surface area contributed by atoms with Gasteiger partial charge >= 0.3 is 5.97 Å². The Kier molecular flexibility index (Phi) is 66.9. The van der Waals surface area contributed by atoms with Crippen molar-refractivity contribution in [3.05, 3.63) is 0 Å². The van der Waals surface area contributed by atoms with Gasteiger partial charge in [-0.3, -0.25) is 38.4 Å². The topological polar surface area (TPSA) is 241 Å². The third kappa shape index (κ3) is 78.1. The minimum atomic E-state index is -1.00. The molecule has 0 aromatic heterocycles. The minimum Gasteiger partial charge on any atom is -0.480 e. The van der Waals surface area contributed by atoms with Gasteiger partial charge in [0, 0.05) is 61.8 Å². The smallest absolute Gasteiger partial charge is 0.323 e. The lowest BCUT2D eigenvalue weighted by Crippen LogP contribution is -2.39. The third-order valence-electron chi connectivity index (χ3n) is 6.60. The first kappa shape index (κ1) is 71.7. The van der Waals surface area contributed by atoms with Crippen molar-refractivity contribution in [1.29, 1.82) is 0 Å². The van der Waals surface area contributed by atoms with E-state index in [0.29, 0.717) is 50.7 Å². The van der Waals surface area contributed by atoms with Crippen LogP contribution in [0.3, 0.4) is 0 Å². The molecule has 0 spiro atoms. The maximum absolute atomic E-state index is 11.3. The van der Waals surface area contributed by atoms with E-state index < -0.39 is 5.97 Å². The first-order chi connectivity index (χ1) is 27.3. The van der Waals surface area contributed by atoms with E-state index in [1.807, 2.05) is 0 Å². The van der Waals surface area contributed by atoms with E-state index in [2.05, 4.69) is 95.2 Å². The van der Waals surface area contributed by atoms with E-state index in [1.54, 1.807) is 35.1 Å². The van der Waals surface area contributed by atoms with Gasteiger partial charge in [0.05, 0.1) is 26.2 Å². The van der Waals surface area contributed by atoms with E-state index in [4.69, 9.17) is 9.90 Å². The highest BCUT2D eigenvalue weighted by atomic mass is 16.4. The number of hydrogen-bond donors (Lipinski definition) is 3. The molecule has 0 radical (unpaired) electrons. The summed E-state index contributed by atoms with van der Waals surface area (Å²) in [7, 11) is 21.0. The summed E-state index contributed by atoms with van der Waals surface area (Å²) in [6.45, 7) is 16.1. The Bertz CT molecular complexity index is 1050. The number of carbonyl (C=O) groups excluding carboxylic acids is 9. The highest BCUT2D eigenvalue weighted by Crippen LogP contribution is 1.92. The Morgan fingerprint density at radius 1 is 0.559 bits per heavy atom. The van der Waals surface area contributed by atoms with Gasteiger partial charge in [-0.15, -0.1) is 0 Å². The van der Waals surface area contributed by atoms with Gasteiger partial charge in [0.25, 0.3) is 0 Å². The Morgan fingerprint density at radius 2 is 0.932 bits per heavy atom. The lowest BCUT2D eigenvalue weighted by Gasteiger charge is -2.19. The molecule has 0 bridgehead atoms. The number of rotatable bonds is 19. The molecule has 0 rings (SSSR count). The van der Waals surface area contributed by atoms with Gasteiger partial charge in [-0.1, -0.05) is 27.7 Å². The lowest BCUT2D eigenvalue weighted by atomic mass is 10.3. The van der Waals surface area contributed by atoms with Gasteiger partial charge in [-0.05, 0) is 68.7 Å². The molecule has 59 heavy (non-hydrogen) atoms. The third-order valence-corrected chi connectivity index (χ3v) is 6.60. The number of carbonyl (C=O) groups is 10. The molecule has 0 atom stereocenters. The van der Waals surface area contributed by atoms with Crippen LogP contribution in [0.1, 0.15) is 48.0 Å². The van der Waals surface area contributed by atoms with E-state index in [0.717, 1.165) is 24.5 Å². The molecule has 3 N–H and O–H groups in total. The second-order valence-electron chi connectivity index (χ2n) is 12.7. The molecular weight excluding hydrogens is 772 g/mol. The van der Waals surface area contributed by atoms with Crippen LogP contribution in [0.5, 0.6) is 0 Å². The molecule has 0 aliphatic rings. The largest absolute Gasteiger partial charge is 0.480 e. The van der Waals surface area contributed by atoms with Crippen LogP contribution in [0.15, 0.2) is 0 Å². The number of carboxylic acids is 1. The number of aldehydes is 2. The Labute approximate surface area is 355 Å². The van der Waals surface area contributed by atoms with Crippen molar-refractivity contribution < 1.29 is 53.1 Å². The molecule has 21 nitrogen and oxygen atoms in total. The predicted molar refractivity (Wildman–Crippen MR) is 232 cm³/mol. The second-order valence-corrected chi connectivity index (χ2v) is 12.7. The normalized spacial score (nSPS) is 8.78. The molecule has 0 heterocycles. The summed E-state index contributed by atoms with van der Waals surface area (Å²) < 4.78 is 0. The number of aliphatic carboxylic acids is 1. The summed E-state index contributed by atoms with van der Waals surface area (Å²) >= 11 is 0. The van der Waals surface area contributed by atoms with Crippen molar-refractivity contribution in [3.8, 4) is 0 Å². The van der Waals surface area contributed by atoms with Crippen LogP contribution in [-0.4, -0.2) is 249 Å². The van der Waals surface area contributed by atoms with E-state index in [-0.39, 0.29) is 50.4 Å². The number of nitrogens with zero attached hydrogens (tertiary/aromatic N) is 8. The fraction of sp³-hybridized carbons (Fsp3) is 0.737. The van der Waals surface area contributed by atoms with Gasteiger partial charge in [0.1, 0.15) is 19.1 Å². The van der Waals surface area contributed by atoms with Crippen molar-refractivity contribution in [2.24, 2.45) is 0 Å². The summed E-state index contributed by atoms with van der Waals surface area (Å²) in [5.74, 6) is -1.48. The van der Waals surface area contributed by atoms with Gasteiger partial charge < -0.3 is 64.5 Å². The number of carboxylic acid groups (broad SMARTS) is 1. The first-order valence-electron chi connectivity index (χ1n) is 18.7. The standard InChI is InChI=1S/C9H16N2O3.C6H15N.C5H10N2O2.C4H7NO3.C4H7NO2.2C4H11N.C2H5NO/c1-4-8(13)11(3)7-9(14)10(2)5-6-12;1-5-7(4)6(2)3;1-6-5(9)3-7(2)4-8;1-5(3-6)2-4(7)8;1-5(4-7)2-3-6;2*1-4-5(2)3;1-3-2-4/h6H,4-5,7H2,1-3H3;6H,5H2,1-4H3;4H,3H2,1-2H3,(H,6,9);3H,2H2,1H3,(H,7,8);3-4H,2H2,1H3;2*4H2,1-3H3;2H,1H3,(H,3,4). The van der Waals surface area contributed by atoms with Crippen LogP contribution in [0.2, 0.25) is 0 Å². The van der Waals surface area contributed by atoms with E-state index >= 15 is 0 Å². The summed E-state index contributed by atoms with van der Waals surface area (Å²) in [5, 5.41) is 12.7. The van der Waals surface area contributed by atoms with E-state index in [1.165, 1.54) is 40.7 Å². The maximum atomic E-state index is 11.3. The summed E-state index contributed by atoms with van der Waals surface area (Å²) in [6, 6.07) is 0.699. The number of likely N-dealkylation sites (N-methyl/N-ethyl adjacent to an activating group) is 6. The quantitative estimate of drug-likeness (QED) is 0.127. The summed E-state index contributed by atoms with van der Waals surface area (Å²) in [5.41, 5.74) is 0. The predicted octanol–water partition coefficient (Wildman–Crippen LogP) is -1.39. The maximum Gasteiger partial charge on any atom is 0.323 e.